The van der Waals surface area contributed by atoms with Crippen LogP contribution in [-0.4, -0.2) is 32.6 Å². The molecule has 6 heteroatoms. The predicted octanol–water partition coefficient (Wildman–Crippen LogP) is 1.75. The van der Waals surface area contributed by atoms with Crippen molar-refractivity contribution in [2.24, 2.45) is 0 Å². The maximum absolute atomic E-state index is 10.3. The molecule has 0 amide bonds. The summed E-state index contributed by atoms with van der Waals surface area (Å²) in [6, 6.07) is 3.85. The molecule has 0 unspecified atom stereocenters. The molecular formula is C12H14N4O2. The molecule has 2 rings (SSSR count). The fraction of sp³-hybridized carbons (Fsp3) is 0.250. The van der Waals surface area contributed by atoms with Gasteiger partial charge < -0.3 is 15.4 Å². The van der Waals surface area contributed by atoms with Crippen LogP contribution in [0, 0.1) is 0 Å². The van der Waals surface area contributed by atoms with Crippen molar-refractivity contribution in [2.75, 3.05) is 11.9 Å². The first-order valence-electron chi connectivity index (χ1n) is 5.67. The molecule has 0 aliphatic rings. The van der Waals surface area contributed by atoms with Crippen LogP contribution >= 0.6 is 0 Å². The van der Waals surface area contributed by atoms with Gasteiger partial charge in [0.2, 0.25) is 5.95 Å². The van der Waals surface area contributed by atoms with Crippen molar-refractivity contribution in [3.8, 4) is 11.3 Å². The van der Waals surface area contributed by atoms with E-state index in [1.165, 1.54) is 0 Å². The van der Waals surface area contributed by atoms with Gasteiger partial charge in [0.1, 0.15) is 0 Å². The van der Waals surface area contributed by atoms with Gasteiger partial charge in [0, 0.05) is 42.8 Å². The number of rotatable bonds is 6. The molecule has 2 aromatic heterocycles. The van der Waals surface area contributed by atoms with E-state index >= 15 is 0 Å². The van der Waals surface area contributed by atoms with E-state index in [1.807, 2.05) is 18.3 Å². The highest BCUT2D eigenvalue weighted by molar-refractivity contribution is 5.66. The highest BCUT2D eigenvalue weighted by atomic mass is 16.4. The Labute approximate surface area is 104 Å². The van der Waals surface area contributed by atoms with E-state index in [1.54, 1.807) is 12.4 Å². The van der Waals surface area contributed by atoms with Gasteiger partial charge in [-0.25, -0.2) is 9.97 Å². The Bertz CT molecular complexity index is 493. The van der Waals surface area contributed by atoms with Crippen LogP contribution in [0.15, 0.2) is 30.7 Å². The predicted molar refractivity (Wildman–Crippen MR) is 67.2 cm³/mol. The smallest absolute Gasteiger partial charge is 0.303 e. The van der Waals surface area contributed by atoms with Gasteiger partial charge in [-0.15, -0.1) is 0 Å². The molecule has 94 valence electrons. The van der Waals surface area contributed by atoms with Crippen LogP contribution in [0.3, 0.4) is 0 Å². The summed E-state index contributed by atoms with van der Waals surface area (Å²) in [4.78, 5) is 21.7. The zero-order valence-electron chi connectivity index (χ0n) is 9.76. The highest BCUT2D eigenvalue weighted by Gasteiger charge is 2.01. The number of H-pyrrole nitrogens is 1. The minimum absolute atomic E-state index is 0.146. The molecule has 0 atom stereocenters. The van der Waals surface area contributed by atoms with Crippen LogP contribution < -0.4 is 5.32 Å². The molecule has 0 radical (unpaired) electrons. The number of aromatic amines is 1. The first kappa shape index (κ1) is 12.1. The Morgan fingerprint density at radius 1 is 1.39 bits per heavy atom. The van der Waals surface area contributed by atoms with Gasteiger partial charge in [-0.2, -0.15) is 0 Å². The third-order valence-corrected chi connectivity index (χ3v) is 2.41. The first-order chi connectivity index (χ1) is 8.75. The third kappa shape index (κ3) is 3.31. The van der Waals surface area contributed by atoms with Crippen LogP contribution in [0.1, 0.15) is 12.8 Å². The maximum atomic E-state index is 10.3. The molecule has 0 spiro atoms. The van der Waals surface area contributed by atoms with Crippen molar-refractivity contribution in [2.45, 2.75) is 12.8 Å². The number of nitrogens with one attached hydrogen (secondary N) is 2. The lowest BCUT2D eigenvalue weighted by atomic mass is 10.2. The Balaban J connectivity index is 1.86. The lowest BCUT2D eigenvalue weighted by Gasteiger charge is -2.03. The molecule has 0 saturated carbocycles. The Morgan fingerprint density at radius 2 is 2.17 bits per heavy atom. The van der Waals surface area contributed by atoms with E-state index < -0.39 is 5.97 Å². The summed E-state index contributed by atoms with van der Waals surface area (Å²) in [6.07, 6.45) is 5.98. The van der Waals surface area contributed by atoms with Crippen LogP contribution in [0.2, 0.25) is 0 Å². The average Bonchev–Trinajstić information content (AvgIpc) is 2.89. The Morgan fingerprint density at radius 3 is 2.78 bits per heavy atom. The number of nitrogens with zero attached hydrogens (tertiary/aromatic N) is 2. The van der Waals surface area contributed by atoms with Gasteiger partial charge in [0.15, 0.2) is 0 Å². The molecule has 2 heterocycles. The number of hydrogen-bond donors (Lipinski definition) is 3. The van der Waals surface area contributed by atoms with Crippen LogP contribution in [0.5, 0.6) is 0 Å². The molecule has 18 heavy (non-hydrogen) atoms. The quantitative estimate of drug-likeness (QED) is 0.675. The number of carboxylic acid groups (broad SMARTS) is 1. The van der Waals surface area contributed by atoms with Gasteiger partial charge in [-0.1, -0.05) is 0 Å². The second-order valence-corrected chi connectivity index (χ2v) is 3.80. The molecule has 0 fully saturated rings. The fourth-order valence-electron chi connectivity index (χ4n) is 1.51. The van der Waals surface area contributed by atoms with E-state index in [-0.39, 0.29) is 6.42 Å². The molecule has 2 aromatic rings. The molecule has 0 aliphatic heterocycles. The van der Waals surface area contributed by atoms with Crippen LogP contribution in [0.4, 0.5) is 5.95 Å². The minimum atomic E-state index is -0.792. The van der Waals surface area contributed by atoms with E-state index in [4.69, 9.17) is 5.11 Å². The second kappa shape index (κ2) is 5.81. The van der Waals surface area contributed by atoms with E-state index in [2.05, 4.69) is 20.3 Å². The maximum Gasteiger partial charge on any atom is 0.303 e. The summed E-state index contributed by atoms with van der Waals surface area (Å²) in [7, 11) is 0. The molecule has 0 saturated heterocycles. The Hall–Kier alpha value is -2.37. The van der Waals surface area contributed by atoms with Crippen LogP contribution in [0.25, 0.3) is 11.3 Å². The topological polar surface area (TPSA) is 90.9 Å². The van der Waals surface area contributed by atoms with Gasteiger partial charge in [-0.05, 0) is 18.6 Å². The van der Waals surface area contributed by atoms with E-state index in [0.717, 1.165) is 11.3 Å². The normalized spacial score (nSPS) is 10.2. The number of aromatic nitrogens is 3. The number of carbonyl (C=O) groups is 1. The molecular weight excluding hydrogens is 232 g/mol. The Kier molecular flexibility index (Phi) is 3.90. The van der Waals surface area contributed by atoms with E-state index in [9.17, 15) is 4.79 Å². The van der Waals surface area contributed by atoms with Crippen molar-refractivity contribution >= 4 is 11.9 Å². The number of carboxylic acids is 1. The molecule has 3 N–H and O–H groups in total. The van der Waals surface area contributed by atoms with Gasteiger partial charge in [0.05, 0.1) is 0 Å². The summed E-state index contributed by atoms with van der Waals surface area (Å²) in [5, 5.41) is 11.5. The van der Waals surface area contributed by atoms with Crippen molar-refractivity contribution < 1.29 is 9.90 Å². The zero-order chi connectivity index (χ0) is 12.8. The lowest BCUT2D eigenvalue weighted by Crippen LogP contribution is -2.07. The number of aliphatic carboxylic acids is 1. The molecule has 0 aliphatic carbocycles. The summed E-state index contributed by atoms with van der Waals surface area (Å²) in [6.45, 7) is 0.550. The molecule has 0 aromatic carbocycles. The van der Waals surface area contributed by atoms with Crippen LogP contribution in [-0.2, 0) is 4.79 Å². The third-order valence-electron chi connectivity index (χ3n) is 2.41. The second-order valence-electron chi connectivity index (χ2n) is 3.80. The van der Waals surface area contributed by atoms with Gasteiger partial charge in [-0.3, -0.25) is 4.79 Å². The summed E-state index contributed by atoms with van der Waals surface area (Å²) < 4.78 is 0. The van der Waals surface area contributed by atoms with Crippen molar-refractivity contribution in [3.05, 3.63) is 30.7 Å². The minimum Gasteiger partial charge on any atom is -0.481 e. The molecule has 6 nitrogen and oxygen atoms in total. The monoisotopic (exact) mass is 246 g/mol. The summed E-state index contributed by atoms with van der Waals surface area (Å²) in [5.74, 6) is -0.282. The lowest BCUT2D eigenvalue weighted by molar-refractivity contribution is -0.137. The fourth-order valence-corrected chi connectivity index (χ4v) is 1.51. The molecule has 0 bridgehead atoms. The van der Waals surface area contributed by atoms with E-state index in [0.29, 0.717) is 18.9 Å². The summed E-state index contributed by atoms with van der Waals surface area (Å²) >= 11 is 0. The first-order valence-corrected chi connectivity index (χ1v) is 5.67. The van der Waals surface area contributed by atoms with Gasteiger partial charge in [0.25, 0.3) is 0 Å². The summed E-state index contributed by atoms with van der Waals surface area (Å²) in [5.41, 5.74) is 1.88. The van der Waals surface area contributed by atoms with Gasteiger partial charge >= 0.3 is 5.97 Å². The standard InChI is InChI=1S/C12H14N4O2/c17-11(18)4-2-6-14-12-15-7-9(8-16-12)10-3-1-5-13-10/h1,3,5,7-8,13H,2,4,6H2,(H,17,18)(H,14,15,16). The largest absolute Gasteiger partial charge is 0.481 e. The zero-order valence-corrected chi connectivity index (χ0v) is 9.76. The van der Waals surface area contributed by atoms with Crippen molar-refractivity contribution in [1.82, 2.24) is 15.0 Å². The van der Waals surface area contributed by atoms with Crippen molar-refractivity contribution in [1.29, 1.82) is 0 Å². The number of anilines is 1. The van der Waals surface area contributed by atoms with Crippen molar-refractivity contribution in [3.63, 3.8) is 0 Å². The highest BCUT2D eigenvalue weighted by Crippen LogP contribution is 2.14. The number of hydrogen-bond acceptors (Lipinski definition) is 4. The average molecular weight is 246 g/mol. The SMILES string of the molecule is O=C(O)CCCNc1ncc(-c2ccc[nH]2)cn1.